The quantitative estimate of drug-likeness (QED) is 0.291. The molecule has 0 aromatic heterocycles. The molecule has 4 nitrogen and oxygen atoms in total. The summed E-state index contributed by atoms with van der Waals surface area (Å²) in [5.74, 6) is -1.51. The highest BCUT2D eigenvalue weighted by molar-refractivity contribution is 5.75. The van der Waals surface area contributed by atoms with Gasteiger partial charge in [0.15, 0.2) is 17.4 Å². The molecule has 0 fully saturated rings. The third-order valence-corrected chi connectivity index (χ3v) is 0.998. The molecule has 0 heterocycles. The summed E-state index contributed by atoms with van der Waals surface area (Å²) in [5.41, 5.74) is 0. The summed E-state index contributed by atoms with van der Waals surface area (Å²) < 4.78 is 13.7. The first kappa shape index (κ1) is 12.7. The Morgan fingerprint density at radius 3 is 1.40 bits per heavy atom. The molecule has 60 valence electrons. The van der Waals surface area contributed by atoms with Crippen LogP contribution in [0.3, 0.4) is 0 Å². The van der Waals surface area contributed by atoms with E-state index in [0.29, 0.717) is 6.29 Å². The van der Waals surface area contributed by atoms with Gasteiger partial charge in [0.05, 0.1) is 0 Å². The van der Waals surface area contributed by atoms with Crippen LogP contribution in [0.2, 0.25) is 0 Å². The predicted octanol–water partition coefficient (Wildman–Crippen LogP) is -1.41. The van der Waals surface area contributed by atoms with Crippen LogP contribution in [0.4, 0.5) is 0 Å². The van der Waals surface area contributed by atoms with E-state index < -0.39 is 5.97 Å². The smallest absolute Gasteiger partial charge is 0.325 e. The van der Waals surface area contributed by atoms with Crippen LogP contribution in [0, 0.1) is 0 Å². The van der Waals surface area contributed by atoms with E-state index in [4.69, 9.17) is 0 Å². The van der Waals surface area contributed by atoms with Crippen molar-refractivity contribution in [3.05, 3.63) is 0 Å². The fraction of sp³-hybridized carbons (Fsp3) is 0.800. The Morgan fingerprint density at radius 2 is 1.40 bits per heavy atom. The third-order valence-electron chi connectivity index (χ3n) is 0.998. The molecule has 0 aromatic carbocycles. The van der Waals surface area contributed by atoms with E-state index in [0.717, 1.165) is 0 Å². The molecule has 0 rings (SSSR count). The molecule has 10 heavy (non-hydrogen) atoms. The Labute approximate surface area is 70.6 Å². The Morgan fingerprint density at radius 1 is 1.10 bits per heavy atom. The van der Waals surface area contributed by atoms with Crippen molar-refractivity contribution in [1.82, 2.24) is 0 Å². The maximum atomic E-state index is 10.1. The molecule has 0 saturated carbocycles. The van der Waals surface area contributed by atoms with Crippen molar-refractivity contribution >= 4 is 23.6 Å². The fourth-order valence-electron chi connectivity index (χ4n) is 0.394. The molecule has 0 aliphatic heterocycles. The van der Waals surface area contributed by atoms with Gasteiger partial charge in [-0.3, -0.25) is 4.79 Å². The van der Waals surface area contributed by atoms with Crippen LogP contribution in [0.1, 0.15) is 0 Å². The standard InChI is InChI=1S/C5H10O4.Al.3H/c1-7-5(4-6,8-2)9-3;;;;/h4H,1-3H3;;;;. The van der Waals surface area contributed by atoms with Crippen LogP contribution in [0.5, 0.6) is 0 Å². The van der Waals surface area contributed by atoms with Gasteiger partial charge >= 0.3 is 5.97 Å². The van der Waals surface area contributed by atoms with Crippen LogP contribution in [-0.4, -0.2) is 50.9 Å². The van der Waals surface area contributed by atoms with Crippen molar-refractivity contribution in [2.45, 2.75) is 5.97 Å². The first-order chi connectivity index (χ1) is 4.24. The van der Waals surface area contributed by atoms with Crippen molar-refractivity contribution in [2.75, 3.05) is 21.3 Å². The van der Waals surface area contributed by atoms with Crippen molar-refractivity contribution in [3.63, 3.8) is 0 Å². The molecule has 0 amide bonds. The van der Waals surface area contributed by atoms with E-state index in [1.807, 2.05) is 0 Å². The molecular formula is C5H13AlO4. The Bertz CT molecular complexity index is 83.4. The van der Waals surface area contributed by atoms with Gasteiger partial charge in [0.25, 0.3) is 0 Å². The highest BCUT2D eigenvalue weighted by Gasteiger charge is 2.28. The van der Waals surface area contributed by atoms with Gasteiger partial charge in [-0.1, -0.05) is 0 Å². The number of methoxy groups -OCH3 is 3. The normalized spacial score (nSPS) is 10.3. The second kappa shape index (κ2) is 5.84. The van der Waals surface area contributed by atoms with Crippen molar-refractivity contribution in [3.8, 4) is 0 Å². The summed E-state index contributed by atoms with van der Waals surface area (Å²) in [5, 5.41) is 0. The SMILES string of the molecule is COC(C=O)(OC)OC.[AlH3]. The summed E-state index contributed by atoms with van der Waals surface area (Å²) in [4.78, 5) is 10.1. The van der Waals surface area contributed by atoms with E-state index in [1.54, 1.807) is 0 Å². The maximum Gasteiger partial charge on any atom is 0.342 e. The lowest BCUT2D eigenvalue weighted by Crippen LogP contribution is -2.37. The summed E-state index contributed by atoms with van der Waals surface area (Å²) in [6, 6.07) is 0. The molecule has 0 aliphatic rings. The number of ether oxygens (including phenoxy) is 3. The van der Waals surface area contributed by atoms with Gasteiger partial charge in [-0.05, 0) is 0 Å². The number of carbonyl (C=O) groups excluding carboxylic acids is 1. The molecule has 0 aliphatic carbocycles. The zero-order valence-corrected chi connectivity index (χ0v) is 5.71. The minimum atomic E-state index is -1.51. The zero-order valence-electron chi connectivity index (χ0n) is 5.71. The molecule has 0 spiro atoms. The predicted molar refractivity (Wildman–Crippen MR) is 39.8 cm³/mol. The first-order valence-corrected chi connectivity index (χ1v) is 2.36. The Hall–Kier alpha value is 0.0825. The van der Waals surface area contributed by atoms with Crippen LogP contribution < -0.4 is 0 Å². The molecule has 0 atom stereocenters. The number of hydrogen-bond donors (Lipinski definition) is 0. The second-order valence-electron chi connectivity index (χ2n) is 1.33. The lowest BCUT2D eigenvalue weighted by molar-refractivity contribution is -0.318. The molecule has 0 radical (unpaired) electrons. The van der Waals surface area contributed by atoms with Gasteiger partial charge in [0, 0.05) is 21.3 Å². The molecule has 0 saturated heterocycles. The summed E-state index contributed by atoms with van der Waals surface area (Å²) in [6.07, 6.45) is 0.437. The van der Waals surface area contributed by atoms with Crippen molar-refractivity contribution in [2.24, 2.45) is 0 Å². The van der Waals surface area contributed by atoms with Gasteiger partial charge in [0.2, 0.25) is 6.29 Å². The molecule has 5 heteroatoms. The van der Waals surface area contributed by atoms with Crippen molar-refractivity contribution in [1.29, 1.82) is 0 Å². The van der Waals surface area contributed by atoms with E-state index >= 15 is 0 Å². The van der Waals surface area contributed by atoms with Crippen LogP contribution in [-0.2, 0) is 19.0 Å². The minimum Gasteiger partial charge on any atom is -0.325 e. The lowest BCUT2D eigenvalue weighted by atomic mass is 10.6. The van der Waals surface area contributed by atoms with E-state index in [1.165, 1.54) is 21.3 Å². The Balaban J connectivity index is 0. The minimum absolute atomic E-state index is 0. The fourth-order valence-corrected chi connectivity index (χ4v) is 0.394. The molecule has 0 N–H and O–H groups in total. The lowest BCUT2D eigenvalue weighted by Gasteiger charge is -2.21. The monoisotopic (exact) mass is 164 g/mol. The first-order valence-electron chi connectivity index (χ1n) is 2.36. The molecular weight excluding hydrogens is 151 g/mol. The summed E-state index contributed by atoms with van der Waals surface area (Å²) in [7, 11) is 3.96. The number of carbonyl (C=O) groups is 1. The van der Waals surface area contributed by atoms with E-state index in [9.17, 15) is 4.79 Å². The van der Waals surface area contributed by atoms with Crippen molar-refractivity contribution < 1.29 is 19.0 Å². The Kier molecular flexibility index (Phi) is 7.43. The van der Waals surface area contributed by atoms with Gasteiger partial charge < -0.3 is 14.2 Å². The number of aldehydes is 1. The summed E-state index contributed by atoms with van der Waals surface area (Å²) >= 11 is 0. The maximum absolute atomic E-state index is 10.1. The largest absolute Gasteiger partial charge is 0.342 e. The average molecular weight is 164 g/mol. The highest BCUT2D eigenvalue weighted by atomic mass is 27.0. The van der Waals surface area contributed by atoms with Gasteiger partial charge in [-0.25, -0.2) is 0 Å². The second-order valence-corrected chi connectivity index (χ2v) is 1.33. The molecule has 0 bridgehead atoms. The van der Waals surface area contributed by atoms with Gasteiger partial charge in [-0.15, -0.1) is 0 Å². The highest BCUT2D eigenvalue weighted by Crippen LogP contribution is 2.06. The van der Waals surface area contributed by atoms with Crippen LogP contribution in [0.25, 0.3) is 0 Å². The number of rotatable bonds is 4. The topological polar surface area (TPSA) is 44.8 Å². The van der Waals surface area contributed by atoms with Crippen LogP contribution in [0.15, 0.2) is 0 Å². The van der Waals surface area contributed by atoms with Gasteiger partial charge in [0.1, 0.15) is 0 Å². The summed E-state index contributed by atoms with van der Waals surface area (Å²) in [6.45, 7) is 0. The zero-order chi connectivity index (χ0) is 7.33. The number of hydrogen-bond acceptors (Lipinski definition) is 4. The van der Waals surface area contributed by atoms with E-state index in [2.05, 4.69) is 14.2 Å². The van der Waals surface area contributed by atoms with E-state index in [-0.39, 0.29) is 17.4 Å². The average Bonchev–Trinajstić information content (AvgIpc) is 1.95. The van der Waals surface area contributed by atoms with Gasteiger partial charge in [-0.2, -0.15) is 0 Å². The molecule has 0 unspecified atom stereocenters. The van der Waals surface area contributed by atoms with Crippen LogP contribution >= 0.6 is 0 Å². The molecule has 0 aromatic rings. The third kappa shape index (κ3) is 2.78.